The van der Waals surface area contributed by atoms with Crippen molar-refractivity contribution in [2.75, 3.05) is 6.67 Å². The van der Waals surface area contributed by atoms with E-state index in [1.165, 1.54) is 11.3 Å². The summed E-state index contributed by atoms with van der Waals surface area (Å²) in [5.74, 6) is 0. The van der Waals surface area contributed by atoms with E-state index in [0.29, 0.717) is 0 Å². The molecule has 0 saturated carbocycles. The lowest BCUT2D eigenvalue weighted by Crippen LogP contribution is -2.09. The van der Waals surface area contributed by atoms with Gasteiger partial charge in [0.1, 0.15) is 6.67 Å². The van der Waals surface area contributed by atoms with Gasteiger partial charge in [-0.25, -0.2) is 4.39 Å². The normalized spacial score (nSPS) is 12.3. The molecule has 0 spiro atoms. The van der Waals surface area contributed by atoms with Gasteiger partial charge >= 0.3 is 0 Å². The molecule has 0 aliphatic heterocycles. The number of nitrogens with two attached hydrogens (primary N) is 1. The number of alkyl halides is 1. The predicted molar refractivity (Wildman–Crippen MR) is 52.2 cm³/mol. The van der Waals surface area contributed by atoms with Gasteiger partial charge in [-0.05, 0) is 28.1 Å². The molecule has 64 valence electrons. The third-order valence-corrected chi connectivity index (χ3v) is 2.88. The topological polar surface area (TPSA) is 26.0 Å². The second kappa shape index (κ2) is 5.09. The third-order valence-electron chi connectivity index (χ3n) is 1.13. The van der Waals surface area contributed by atoms with Gasteiger partial charge in [-0.1, -0.05) is 0 Å². The minimum atomic E-state index is -0.493. The van der Waals surface area contributed by atoms with Gasteiger partial charge in [0.05, 0.1) is 9.83 Å². The summed E-state index contributed by atoms with van der Waals surface area (Å²) in [7, 11) is 0. The lowest BCUT2D eigenvalue weighted by atomic mass is 10.3. The maximum atomic E-state index is 11.9. The van der Waals surface area contributed by atoms with E-state index in [4.69, 9.17) is 5.73 Å². The van der Waals surface area contributed by atoms with Gasteiger partial charge in [0, 0.05) is 4.88 Å². The van der Waals surface area contributed by atoms with E-state index < -0.39 is 12.7 Å². The minimum absolute atomic E-state index is 0. The second-order valence-corrected chi connectivity index (χ2v) is 4.40. The quantitative estimate of drug-likeness (QED) is 0.869. The smallest absolute Gasteiger partial charge is 0.109 e. The molecule has 0 unspecified atom stereocenters. The van der Waals surface area contributed by atoms with Crippen LogP contribution in [0.5, 0.6) is 0 Å². The van der Waals surface area contributed by atoms with Crippen LogP contribution in [0.4, 0.5) is 4.39 Å². The van der Waals surface area contributed by atoms with Gasteiger partial charge < -0.3 is 5.73 Å². The van der Waals surface area contributed by atoms with Crippen molar-refractivity contribution in [3.8, 4) is 0 Å². The Bertz CT molecular complexity index is 218. The molecule has 0 fully saturated rings. The van der Waals surface area contributed by atoms with Crippen LogP contribution >= 0.6 is 39.7 Å². The Balaban J connectivity index is 0.000001000. The summed E-state index contributed by atoms with van der Waals surface area (Å²) < 4.78 is 12.9. The van der Waals surface area contributed by atoms with Crippen LogP contribution in [0.25, 0.3) is 0 Å². The summed E-state index contributed by atoms with van der Waals surface area (Å²) in [6.07, 6.45) is 0. The second-order valence-electron chi connectivity index (χ2n) is 1.90. The van der Waals surface area contributed by atoms with E-state index in [2.05, 4.69) is 15.9 Å². The molecule has 0 aliphatic carbocycles. The van der Waals surface area contributed by atoms with Crippen LogP contribution in [0.15, 0.2) is 15.9 Å². The number of halogens is 3. The molecule has 1 aromatic heterocycles. The molecule has 1 rings (SSSR count). The SMILES string of the molecule is Cl.N[C@@H](CF)c1ccc(Br)s1. The number of hydrogen-bond donors (Lipinski definition) is 1. The predicted octanol–water partition coefficient (Wildman–Crippen LogP) is 2.90. The first-order chi connectivity index (χ1) is 4.74. The van der Waals surface area contributed by atoms with Gasteiger partial charge in [-0.15, -0.1) is 23.7 Å². The zero-order chi connectivity index (χ0) is 7.56. The lowest BCUT2D eigenvalue weighted by molar-refractivity contribution is 0.440. The maximum absolute atomic E-state index is 11.9. The molecule has 11 heavy (non-hydrogen) atoms. The van der Waals surface area contributed by atoms with Crippen LogP contribution in [-0.4, -0.2) is 6.67 Å². The number of rotatable bonds is 2. The van der Waals surface area contributed by atoms with Crippen molar-refractivity contribution in [2.45, 2.75) is 6.04 Å². The fourth-order valence-corrected chi connectivity index (χ4v) is 2.01. The van der Waals surface area contributed by atoms with Gasteiger partial charge in [-0.3, -0.25) is 0 Å². The molecular formula is C6H8BrClFNS. The van der Waals surface area contributed by atoms with Gasteiger partial charge in [0.25, 0.3) is 0 Å². The standard InChI is InChI=1S/C6H7BrFNS.ClH/c7-6-2-1-5(10-6)4(9)3-8;/h1-2,4H,3,9H2;1H/t4-;/m0./s1. The molecule has 1 heterocycles. The molecule has 1 atom stereocenters. The van der Waals surface area contributed by atoms with Crippen LogP contribution in [0, 0.1) is 0 Å². The molecule has 2 N–H and O–H groups in total. The number of hydrogen-bond acceptors (Lipinski definition) is 2. The van der Waals surface area contributed by atoms with E-state index >= 15 is 0 Å². The summed E-state index contributed by atoms with van der Waals surface area (Å²) in [5, 5.41) is 0. The van der Waals surface area contributed by atoms with Crippen molar-refractivity contribution in [3.63, 3.8) is 0 Å². The molecule has 0 radical (unpaired) electrons. The van der Waals surface area contributed by atoms with Crippen molar-refractivity contribution in [1.29, 1.82) is 0 Å². The van der Waals surface area contributed by atoms with Crippen molar-refractivity contribution in [1.82, 2.24) is 0 Å². The molecule has 0 amide bonds. The molecule has 0 aliphatic rings. The Morgan fingerprint density at radius 1 is 1.64 bits per heavy atom. The van der Waals surface area contributed by atoms with Crippen molar-refractivity contribution >= 4 is 39.7 Å². The Morgan fingerprint density at radius 2 is 2.27 bits per heavy atom. The van der Waals surface area contributed by atoms with E-state index in [1.54, 1.807) is 0 Å². The summed E-state index contributed by atoms with van der Waals surface area (Å²) in [6.45, 7) is -0.493. The first kappa shape index (κ1) is 11.4. The van der Waals surface area contributed by atoms with Crippen LogP contribution in [0.3, 0.4) is 0 Å². The molecule has 0 saturated heterocycles. The van der Waals surface area contributed by atoms with Crippen LogP contribution in [-0.2, 0) is 0 Å². The van der Waals surface area contributed by atoms with Crippen LogP contribution in [0.2, 0.25) is 0 Å². The van der Waals surface area contributed by atoms with Crippen LogP contribution in [0.1, 0.15) is 10.9 Å². The largest absolute Gasteiger partial charge is 0.321 e. The number of thiophene rings is 1. The summed E-state index contributed by atoms with van der Waals surface area (Å²) in [4.78, 5) is 0.884. The zero-order valence-corrected chi connectivity index (χ0v) is 8.81. The molecule has 0 aromatic carbocycles. The van der Waals surface area contributed by atoms with Crippen LogP contribution < -0.4 is 5.73 Å². The highest BCUT2D eigenvalue weighted by molar-refractivity contribution is 9.11. The summed E-state index contributed by atoms with van der Waals surface area (Å²) in [5.41, 5.74) is 5.42. The molecule has 1 aromatic rings. The average Bonchev–Trinajstić information content (AvgIpc) is 2.34. The monoisotopic (exact) mass is 259 g/mol. The Labute approximate surface area is 83.3 Å². The molecule has 5 heteroatoms. The highest BCUT2D eigenvalue weighted by Gasteiger charge is 2.06. The van der Waals surface area contributed by atoms with Crippen molar-refractivity contribution < 1.29 is 4.39 Å². The fraction of sp³-hybridized carbons (Fsp3) is 0.333. The summed E-state index contributed by atoms with van der Waals surface area (Å²) in [6, 6.07) is 3.26. The Hall–Kier alpha value is 0.360. The van der Waals surface area contributed by atoms with Gasteiger partial charge in [0.2, 0.25) is 0 Å². The zero-order valence-electron chi connectivity index (χ0n) is 5.59. The first-order valence-electron chi connectivity index (χ1n) is 2.81. The third kappa shape index (κ3) is 3.07. The minimum Gasteiger partial charge on any atom is -0.321 e. The molecule has 1 nitrogen and oxygen atoms in total. The van der Waals surface area contributed by atoms with Gasteiger partial charge in [0.15, 0.2) is 0 Å². The molecular weight excluding hydrogens is 252 g/mol. The highest BCUT2D eigenvalue weighted by Crippen LogP contribution is 2.26. The summed E-state index contributed by atoms with van der Waals surface area (Å²) >= 11 is 4.74. The lowest BCUT2D eigenvalue weighted by Gasteiger charge is -2.00. The van der Waals surface area contributed by atoms with Crippen molar-refractivity contribution in [3.05, 3.63) is 20.8 Å². The average molecular weight is 261 g/mol. The van der Waals surface area contributed by atoms with E-state index in [1.807, 2.05) is 12.1 Å². The van der Waals surface area contributed by atoms with E-state index in [0.717, 1.165) is 8.66 Å². The van der Waals surface area contributed by atoms with E-state index in [-0.39, 0.29) is 12.4 Å². The van der Waals surface area contributed by atoms with E-state index in [9.17, 15) is 4.39 Å². The Morgan fingerprint density at radius 3 is 2.64 bits per heavy atom. The Kier molecular flexibility index (Phi) is 5.25. The van der Waals surface area contributed by atoms with Gasteiger partial charge in [-0.2, -0.15) is 0 Å². The molecule has 0 bridgehead atoms. The van der Waals surface area contributed by atoms with Crippen molar-refractivity contribution in [2.24, 2.45) is 5.73 Å². The maximum Gasteiger partial charge on any atom is 0.109 e. The highest BCUT2D eigenvalue weighted by atomic mass is 79.9. The first-order valence-corrected chi connectivity index (χ1v) is 4.41. The fourth-order valence-electron chi connectivity index (χ4n) is 0.604.